The van der Waals surface area contributed by atoms with Gasteiger partial charge in [-0.05, 0) is 30.8 Å². The van der Waals surface area contributed by atoms with Crippen molar-refractivity contribution in [2.24, 2.45) is 0 Å². The standard InChI is InChI=1S/C11H14N4O.6ClH.Sb/c1-14-8-4-7-11(14)16-15-10-6-3-2-5-9(10)12-13-15;;;;;;;/h2-3,5-6,11H,4,7-8H2,1H3;6*1H;/q;;;;;;;+5/p-6. The Kier molecular flexibility index (Phi) is 5.80. The minimum absolute atomic E-state index is 0.116. The molecule has 1 fully saturated rings. The van der Waals surface area contributed by atoms with Crippen LogP contribution >= 0.6 is 53.0 Å². The number of para-hydroxylation sites is 1. The van der Waals surface area contributed by atoms with Gasteiger partial charge >= 0.3 is 62.1 Å². The molecule has 5 nitrogen and oxygen atoms in total. The molecular weight excluding hydrogens is 539 g/mol. The fraction of sp³-hybridized carbons (Fsp3) is 0.455. The topological polar surface area (TPSA) is 43.2 Å². The van der Waals surface area contributed by atoms with E-state index in [0.717, 1.165) is 24.0 Å². The van der Waals surface area contributed by atoms with Crippen LogP contribution in [0.4, 0.5) is 0 Å². The van der Waals surface area contributed by atoms with E-state index in [1.54, 1.807) is 0 Å². The Hall–Kier alpha value is 0.938. The van der Waals surface area contributed by atoms with Crippen LogP contribution in [-0.2, 0) is 0 Å². The van der Waals surface area contributed by atoms with E-state index in [1.807, 2.05) is 24.3 Å². The first kappa shape index (κ1) is 20.3. The Morgan fingerprint density at radius 3 is 2.30 bits per heavy atom. The second-order valence-electron chi connectivity index (χ2n) is 5.09. The molecule has 2 heterocycles. The van der Waals surface area contributed by atoms with Crippen molar-refractivity contribution in [2.75, 3.05) is 13.6 Å². The van der Waals surface area contributed by atoms with Crippen molar-refractivity contribution >= 4 is 73.1 Å². The molecule has 0 radical (unpaired) electrons. The Bertz CT molecular complexity index is 677. The molecule has 0 N–H and O–H groups in total. The molecule has 0 bridgehead atoms. The summed E-state index contributed by atoms with van der Waals surface area (Å²) in [4.78, 5) is 9.53. The van der Waals surface area contributed by atoms with Crippen LogP contribution < -0.4 is 4.84 Å². The van der Waals surface area contributed by atoms with E-state index in [1.165, 1.54) is 11.3 Å². The molecule has 1 aromatic carbocycles. The van der Waals surface area contributed by atoms with E-state index in [-0.39, 0.29) is 6.23 Å². The summed E-state index contributed by atoms with van der Waals surface area (Å²) in [6.07, 6.45) is 2.34. The summed E-state index contributed by atoms with van der Waals surface area (Å²) in [7, 11) is 27.0. The summed E-state index contributed by atoms with van der Waals surface area (Å²) in [5.41, 5.74) is 1.78. The van der Waals surface area contributed by atoms with Gasteiger partial charge in [-0.1, -0.05) is 17.0 Å². The molecular formula is C11H14Cl6N4OSb-. The number of hydrogen-bond donors (Lipinski definition) is 0. The Labute approximate surface area is 153 Å². The van der Waals surface area contributed by atoms with Crippen LogP contribution in [0.5, 0.6) is 0 Å². The number of halogens is 6. The molecule has 1 unspecified atom stereocenters. The molecule has 0 spiro atoms. The molecule has 23 heavy (non-hydrogen) atoms. The number of hydrogen-bond acceptors (Lipinski definition) is 4. The van der Waals surface area contributed by atoms with Crippen molar-refractivity contribution in [2.45, 2.75) is 19.1 Å². The van der Waals surface area contributed by atoms with E-state index in [0.29, 0.717) is 0 Å². The van der Waals surface area contributed by atoms with Gasteiger partial charge in [0.05, 0.1) is 0 Å². The van der Waals surface area contributed by atoms with Crippen molar-refractivity contribution in [3.8, 4) is 0 Å². The van der Waals surface area contributed by atoms with Crippen LogP contribution in [0, 0.1) is 0 Å². The second-order valence-corrected chi connectivity index (χ2v) is 62.0. The monoisotopic (exact) mass is 549 g/mol. The van der Waals surface area contributed by atoms with Crippen LogP contribution in [0.25, 0.3) is 11.0 Å². The fourth-order valence-electron chi connectivity index (χ4n) is 2.05. The Morgan fingerprint density at radius 2 is 1.74 bits per heavy atom. The summed E-state index contributed by atoms with van der Waals surface area (Å²) >= 11 is 0. The van der Waals surface area contributed by atoms with Crippen molar-refractivity contribution in [3.63, 3.8) is 0 Å². The van der Waals surface area contributed by atoms with Gasteiger partial charge in [0.2, 0.25) is 0 Å². The third-order valence-corrected chi connectivity index (χ3v) is 3.00. The Balaban J connectivity index is 0.000000236. The van der Waals surface area contributed by atoms with Gasteiger partial charge in [-0.2, -0.15) is 0 Å². The van der Waals surface area contributed by atoms with Crippen LogP contribution in [-0.4, -0.2) is 49.0 Å². The van der Waals surface area contributed by atoms with Gasteiger partial charge in [0, 0.05) is 13.0 Å². The summed E-state index contributed by atoms with van der Waals surface area (Å²) in [6, 6.07) is 7.80. The van der Waals surface area contributed by atoms with Gasteiger partial charge < -0.3 is 4.84 Å². The molecule has 0 amide bonds. The maximum absolute atomic E-state index is 5.81. The van der Waals surface area contributed by atoms with Gasteiger partial charge in [0.25, 0.3) is 0 Å². The molecule has 132 valence electrons. The molecule has 0 aliphatic carbocycles. The molecule has 3 rings (SSSR count). The van der Waals surface area contributed by atoms with E-state index in [9.17, 15) is 0 Å². The molecule has 1 aliphatic rings. The van der Waals surface area contributed by atoms with Crippen LogP contribution in [0.1, 0.15) is 12.8 Å². The van der Waals surface area contributed by atoms with Gasteiger partial charge in [0.1, 0.15) is 11.0 Å². The summed E-state index contributed by atoms with van der Waals surface area (Å²) < 4.78 is 0. The molecule has 1 atom stereocenters. The predicted molar refractivity (Wildman–Crippen MR) is 101 cm³/mol. The quantitative estimate of drug-likeness (QED) is 0.508. The molecule has 1 saturated heterocycles. The zero-order valence-electron chi connectivity index (χ0n) is 11.9. The first-order valence-electron chi connectivity index (χ1n) is 6.54. The summed E-state index contributed by atoms with van der Waals surface area (Å²) in [5, 5.41) is 8.07. The first-order chi connectivity index (χ1) is 10.3. The van der Waals surface area contributed by atoms with Gasteiger partial charge in [-0.25, -0.2) is 0 Å². The zero-order chi connectivity index (χ0) is 17.4. The van der Waals surface area contributed by atoms with Crippen molar-refractivity contribution in [3.05, 3.63) is 24.3 Å². The zero-order valence-corrected chi connectivity index (χ0v) is 19.0. The SMILES string of the molecule is CN1CCCC1On1nnc2ccccc21.[Cl][Sb-]([Cl])([Cl])([Cl])([Cl])[Cl]. The number of nitrogens with zero attached hydrogens (tertiary/aromatic N) is 4. The third-order valence-electron chi connectivity index (χ3n) is 3.00. The van der Waals surface area contributed by atoms with Crippen LogP contribution in [0.2, 0.25) is 0 Å². The van der Waals surface area contributed by atoms with E-state index in [2.05, 4.69) is 22.3 Å². The summed E-state index contributed by atoms with van der Waals surface area (Å²) in [5.74, 6) is 0. The fourth-order valence-corrected chi connectivity index (χ4v) is 2.05. The normalized spacial score (nSPS) is 22.1. The van der Waals surface area contributed by atoms with Gasteiger partial charge in [-0.15, -0.1) is 5.10 Å². The van der Waals surface area contributed by atoms with E-state index < -0.39 is 9.14 Å². The number of benzene rings is 1. The maximum atomic E-state index is 5.81. The molecule has 1 aliphatic heterocycles. The van der Waals surface area contributed by atoms with E-state index >= 15 is 0 Å². The molecule has 12 heteroatoms. The third kappa shape index (κ3) is 8.24. The molecule has 1 aromatic heterocycles. The number of likely N-dealkylation sites (tertiary alicyclic amines) is 1. The Morgan fingerprint density at radius 1 is 1.13 bits per heavy atom. The number of aromatic nitrogens is 3. The number of fused-ring (bicyclic) bond motifs is 1. The average molecular weight is 553 g/mol. The van der Waals surface area contributed by atoms with Gasteiger partial charge in [-0.3, -0.25) is 4.90 Å². The predicted octanol–water partition coefficient (Wildman–Crippen LogP) is 4.67. The van der Waals surface area contributed by atoms with Crippen molar-refractivity contribution in [1.82, 2.24) is 20.1 Å². The minimum atomic E-state index is -5.42. The van der Waals surface area contributed by atoms with E-state index in [4.69, 9.17) is 57.8 Å². The van der Waals surface area contributed by atoms with Crippen molar-refractivity contribution < 1.29 is 4.84 Å². The summed E-state index contributed by atoms with van der Waals surface area (Å²) in [6.45, 7) is 1.08. The van der Waals surface area contributed by atoms with Crippen LogP contribution in [0.15, 0.2) is 24.3 Å². The van der Waals surface area contributed by atoms with Gasteiger partial charge in [0.15, 0.2) is 6.23 Å². The van der Waals surface area contributed by atoms with Crippen molar-refractivity contribution in [1.29, 1.82) is 0 Å². The second kappa shape index (κ2) is 6.59. The number of rotatable bonds is 2. The van der Waals surface area contributed by atoms with Crippen LogP contribution in [0.3, 0.4) is 0 Å². The first-order valence-corrected chi connectivity index (χ1v) is 25.9. The molecule has 0 saturated carbocycles. The molecule has 2 aromatic rings. The average Bonchev–Trinajstić information content (AvgIpc) is 2.94.